The molecule has 0 aromatic carbocycles. The average molecular weight is 157 g/mol. The Morgan fingerprint density at radius 2 is 2.09 bits per heavy atom. The molecule has 0 bridgehead atoms. The monoisotopic (exact) mass is 157 g/mol. The van der Waals surface area contributed by atoms with Crippen LogP contribution in [0, 0.1) is 5.92 Å². The molecule has 1 N–H and O–H groups in total. The molecule has 0 rings (SSSR count). The normalized spacial score (nSPS) is 12.6. The maximum atomic E-state index is 10.9. The van der Waals surface area contributed by atoms with Gasteiger partial charge in [-0.3, -0.25) is 4.79 Å². The Hall–Kier alpha value is -0.530. The number of rotatable bonds is 5. The third kappa shape index (κ3) is 4.82. The van der Waals surface area contributed by atoms with Crippen LogP contribution in [0.15, 0.2) is 0 Å². The molecule has 0 aliphatic heterocycles. The lowest BCUT2D eigenvalue weighted by molar-refractivity contribution is -0.121. The molecule has 2 nitrogen and oxygen atoms in total. The van der Waals surface area contributed by atoms with Crippen molar-refractivity contribution in [1.29, 1.82) is 0 Å². The summed E-state index contributed by atoms with van der Waals surface area (Å²) in [4.78, 5) is 10.9. The molecule has 0 spiro atoms. The van der Waals surface area contributed by atoms with Gasteiger partial charge in [0.2, 0.25) is 5.91 Å². The highest BCUT2D eigenvalue weighted by Crippen LogP contribution is 2.14. The molecule has 66 valence electrons. The van der Waals surface area contributed by atoms with Gasteiger partial charge in [-0.05, 0) is 5.92 Å². The van der Waals surface area contributed by atoms with Gasteiger partial charge in [0.1, 0.15) is 0 Å². The fraction of sp³-hybridized carbons (Fsp3) is 0.889. The number of hydrogen-bond acceptors (Lipinski definition) is 1. The van der Waals surface area contributed by atoms with Crippen LogP contribution in [0.4, 0.5) is 0 Å². The maximum Gasteiger partial charge on any atom is 0.220 e. The lowest BCUT2D eigenvalue weighted by Crippen LogP contribution is -2.20. The van der Waals surface area contributed by atoms with Crippen molar-refractivity contribution in [3.63, 3.8) is 0 Å². The molecule has 2 heteroatoms. The Morgan fingerprint density at radius 3 is 2.45 bits per heavy atom. The SMILES string of the molecule is CCCC(CC)CC(=O)NC. The first kappa shape index (κ1) is 10.5. The number of carbonyl (C=O) groups excluding carboxylic acids is 1. The van der Waals surface area contributed by atoms with Crippen LogP contribution in [-0.2, 0) is 4.79 Å². The molecule has 0 radical (unpaired) electrons. The largest absolute Gasteiger partial charge is 0.359 e. The molecule has 1 unspecified atom stereocenters. The van der Waals surface area contributed by atoms with Gasteiger partial charge < -0.3 is 5.32 Å². The van der Waals surface area contributed by atoms with Gasteiger partial charge in [0.05, 0.1) is 0 Å². The summed E-state index contributed by atoms with van der Waals surface area (Å²) >= 11 is 0. The van der Waals surface area contributed by atoms with Crippen LogP contribution in [0.1, 0.15) is 39.5 Å². The minimum Gasteiger partial charge on any atom is -0.359 e. The van der Waals surface area contributed by atoms with E-state index in [1.54, 1.807) is 7.05 Å². The predicted octanol–water partition coefficient (Wildman–Crippen LogP) is 1.95. The lowest BCUT2D eigenvalue weighted by atomic mass is 9.97. The lowest BCUT2D eigenvalue weighted by Gasteiger charge is -2.11. The summed E-state index contributed by atoms with van der Waals surface area (Å²) in [6.07, 6.45) is 4.15. The minimum atomic E-state index is 0.172. The molecule has 11 heavy (non-hydrogen) atoms. The van der Waals surface area contributed by atoms with Gasteiger partial charge in [-0.2, -0.15) is 0 Å². The van der Waals surface area contributed by atoms with Crippen molar-refractivity contribution < 1.29 is 4.79 Å². The molecule has 1 atom stereocenters. The van der Waals surface area contributed by atoms with E-state index in [1.165, 1.54) is 12.8 Å². The summed E-state index contributed by atoms with van der Waals surface area (Å²) in [6, 6.07) is 0. The van der Waals surface area contributed by atoms with E-state index in [0.717, 1.165) is 6.42 Å². The van der Waals surface area contributed by atoms with E-state index in [9.17, 15) is 4.79 Å². The van der Waals surface area contributed by atoms with E-state index in [1.807, 2.05) is 0 Å². The highest BCUT2D eigenvalue weighted by molar-refractivity contribution is 5.75. The van der Waals surface area contributed by atoms with Gasteiger partial charge in [0, 0.05) is 13.5 Å². The van der Waals surface area contributed by atoms with Crippen LogP contribution < -0.4 is 5.32 Å². The van der Waals surface area contributed by atoms with Gasteiger partial charge in [0.15, 0.2) is 0 Å². The molecule has 0 aliphatic rings. The van der Waals surface area contributed by atoms with Crippen LogP contribution in [0.5, 0.6) is 0 Å². The highest BCUT2D eigenvalue weighted by atomic mass is 16.1. The summed E-state index contributed by atoms with van der Waals surface area (Å²) in [6.45, 7) is 4.30. The number of hydrogen-bond donors (Lipinski definition) is 1. The first-order valence-electron chi connectivity index (χ1n) is 4.45. The van der Waals surface area contributed by atoms with Crippen molar-refractivity contribution in [3.05, 3.63) is 0 Å². The number of carbonyl (C=O) groups is 1. The van der Waals surface area contributed by atoms with E-state index in [4.69, 9.17) is 0 Å². The minimum absolute atomic E-state index is 0.172. The molecule has 1 amide bonds. The standard InChI is InChI=1S/C9H19NO/c1-4-6-8(5-2)7-9(11)10-3/h8H,4-7H2,1-3H3,(H,10,11). The molecule has 0 aromatic heterocycles. The zero-order valence-electron chi connectivity index (χ0n) is 7.81. The Kier molecular flexibility index (Phi) is 5.90. The van der Waals surface area contributed by atoms with Crippen molar-refractivity contribution in [3.8, 4) is 0 Å². The van der Waals surface area contributed by atoms with Crippen molar-refractivity contribution in [2.75, 3.05) is 7.05 Å². The molecular formula is C9H19NO. The molecule has 0 saturated heterocycles. The van der Waals surface area contributed by atoms with Crippen molar-refractivity contribution in [2.45, 2.75) is 39.5 Å². The summed E-state index contributed by atoms with van der Waals surface area (Å²) < 4.78 is 0. The van der Waals surface area contributed by atoms with Crippen molar-refractivity contribution in [1.82, 2.24) is 5.32 Å². The summed E-state index contributed by atoms with van der Waals surface area (Å²) in [5.41, 5.74) is 0. The van der Waals surface area contributed by atoms with Gasteiger partial charge in [0.25, 0.3) is 0 Å². The van der Waals surface area contributed by atoms with E-state index in [-0.39, 0.29) is 5.91 Å². The predicted molar refractivity (Wildman–Crippen MR) is 47.4 cm³/mol. The van der Waals surface area contributed by atoms with Gasteiger partial charge >= 0.3 is 0 Å². The topological polar surface area (TPSA) is 29.1 Å². The van der Waals surface area contributed by atoms with E-state index in [0.29, 0.717) is 12.3 Å². The maximum absolute atomic E-state index is 10.9. The zero-order chi connectivity index (χ0) is 8.69. The molecular weight excluding hydrogens is 138 g/mol. The zero-order valence-corrected chi connectivity index (χ0v) is 7.81. The number of nitrogens with one attached hydrogen (secondary N) is 1. The van der Waals surface area contributed by atoms with Crippen LogP contribution in [-0.4, -0.2) is 13.0 Å². The van der Waals surface area contributed by atoms with Crippen molar-refractivity contribution in [2.24, 2.45) is 5.92 Å². The Balaban J connectivity index is 3.58. The molecule has 0 heterocycles. The first-order valence-corrected chi connectivity index (χ1v) is 4.45. The smallest absolute Gasteiger partial charge is 0.220 e. The third-order valence-electron chi connectivity index (χ3n) is 2.03. The Morgan fingerprint density at radius 1 is 1.45 bits per heavy atom. The van der Waals surface area contributed by atoms with Crippen molar-refractivity contribution >= 4 is 5.91 Å². The fourth-order valence-electron chi connectivity index (χ4n) is 1.22. The first-order chi connectivity index (χ1) is 5.24. The van der Waals surface area contributed by atoms with E-state index < -0.39 is 0 Å². The second-order valence-electron chi connectivity index (χ2n) is 2.94. The molecule has 0 fully saturated rings. The average Bonchev–Trinajstić information content (AvgIpc) is 2.03. The molecule has 0 saturated carbocycles. The second kappa shape index (κ2) is 6.20. The van der Waals surface area contributed by atoms with E-state index in [2.05, 4.69) is 19.2 Å². The Bertz CT molecular complexity index is 112. The summed E-state index contributed by atoms with van der Waals surface area (Å²) in [5.74, 6) is 0.755. The quantitative estimate of drug-likeness (QED) is 0.649. The third-order valence-corrected chi connectivity index (χ3v) is 2.03. The van der Waals surface area contributed by atoms with Gasteiger partial charge in [-0.25, -0.2) is 0 Å². The molecule has 0 aromatic rings. The van der Waals surface area contributed by atoms with Crippen LogP contribution in [0.25, 0.3) is 0 Å². The second-order valence-corrected chi connectivity index (χ2v) is 2.94. The van der Waals surface area contributed by atoms with Crippen LogP contribution >= 0.6 is 0 Å². The highest BCUT2D eigenvalue weighted by Gasteiger charge is 2.08. The van der Waals surface area contributed by atoms with Gasteiger partial charge in [-0.15, -0.1) is 0 Å². The summed E-state index contributed by atoms with van der Waals surface area (Å²) in [5, 5.41) is 2.65. The molecule has 0 aliphatic carbocycles. The van der Waals surface area contributed by atoms with E-state index >= 15 is 0 Å². The Labute approximate surface area is 69.4 Å². The van der Waals surface area contributed by atoms with Crippen LogP contribution in [0.3, 0.4) is 0 Å². The van der Waals surface area contributed by atoms with Gasteiger partial charge in [-0.1, -0.05) is 33.1 Å². The van der Waals surface area contributed by atoms with Crippen LogP contribution in [0.2, 0.25) is 0 Å². The fourth-order valence-corrected chi connectivity index (χ4v) is 1.22. The summed E-state index contributed by atoms with van der Waals surface area (Å²) in [7, 11) is 1.70. The number of amides is 1.